The van der Waals surface area contributed by atoms with Gasteiger partial charge in [0.1, 0.15) is 0 Å². The van der Waals surface area contributed by atoms with E-state index in [0.29, 0.717) is 0 Å². The van der Waals surface area contributed by atoms with Gasteiger partial charge in [0.15, 0.2) is 0 Å². The van der Waals surface area contributed by atoms with Crippen LogP contribution in [0.5, 0.6) is 0 Å². The SMILES string of the molecule is Cc1cc(C)c(C2(N)CCCCC2)cc1Br. The minimum atomic E-state index is -0.0848. The number of hydrogen-bond acceptors (Lipinski definition) is 1. The highest BCUT2D eigenvalue weighted by Gasteiger charge is 2.30. The van der Waals surface area contributed by atoms with Crippen molar-refractivity contribution in [1.82, 2.24) is 0 Å². The molecule has 2 rings (SSSR count). The largest absolute Gasteiger partial charge is 0.321 e. The molecule has 0 atom stereocenters. The third-order valence-electron chi connectivity index (χ3n) is 3.79. The lowest BCUT2D eigenvalue weighted by atomic mass is 9.76. The zero-order valence-electron chi connectivity index (χ0n) is 10.1. The van der Waals surface area contributed by atoms with Crippen molar-refractivity contribution in [1.29, 1.82) is 0 Å². The molecule has 0 aliphatic heterocycles. The highest BCUT2D eigenvalue weighted by atomic mass is 79.9. The Hall–Kier alpha value is -0.340. The van der Waals surface area contributed by atoms with Crippen LogP contribution in [0.25, 0.3) is 0 Å². The predicted molar refractivity (Wildman–Crippen MR) is 72.6 cm³/mol. The lowest BCUT2D eigenvalue weighted by Crippen LogP contribution is -2.39. The number of halogens is 1. The van der Waals surface area contributed by atoms with Crippen LogP contribution in [0.2, 0.25) is 0 Å². The molecule has 0 amide bonds. The summed E-state index contributed by atoms with van der Waals surface area (Å²) in [6, 6.07) is 4.47. The first-order valence-corrected chi connectivity index (χ1v) is 6.88. The summed E-state index contributed by atoms with van der Waals surface area (Å²) in [4.78, 5) is 0. The molecule has 2 N–H and O–H groups in total. The molecule has 0 bridgehead atoms. The van der Waals surface area contributed by atoms with Crippen molar-refractivity contribution in [2.75, 3.05) is 0 Å². The molecular formula is C14H20BrN. The van der Waals surface area contributed by atoms with Crippen LogP contribution in [0, 0.1) is 13.8 Å². The Kier molecular flexibility index (Phi) is 3.41. The van der Waals surface area contributed by atoms with Gasteiger partial charge in [0.25, 0.3) is 0 Å². The molecule has 1 aliphatic rings. The highest BCUT2D eigenvalue weighted by Crippen LogP contribution is 2.38. The summed E-state index contributed by atoms with van der Waals surface area (Å²) in [7, 11) is 0. The van der Waals surface area contributed by atoms with E-state index in [-0.39, 0.29) is 5.54 Å². The molecule has 0 radical (unpaired) electrons. The second-order valence-corrected chi connectivity index (χ2v) is 5.99. The summed E-state index contributed by atoms with van der Waals surface area (Å²) in [5, 5.41) is 0. The summed E-state index contributed by atoms with van der Waals surface area (Å²) >= 11 is 3.62. The number of benzene rings is 1. The van der Waals surface area contributed by atoms with Gasteiger partial charge in [-0.2, -0.15) is 0 Å². The highest BCUT2D eigenvalue weighted by molar-refractivity contribution is 9.10. The lowest BCUT2D eigenvalue weighted by molar-refractivity contribution is 0.301. The van der Waals surface area contributed by atoms with Crippen molar-refractivity contribution in [2.24, 2.45) is 5.73 Å². The van der Waals surface area contributed by atoms with Crippen molar-refractivity contribution in [3.8, 4) is 0 Å². The monoisotopic (exact) mass is 281 g/mol. The second kappa shape index (κ2) is 4.50. The van der Waals surface area contributed by atoms with Gasteiger partial charge in [-0.25, -0.2) is 0 Å². The third kappa shape index (κ3) is 2.18. The fourth-order valence-corrected chi connectivity index (χ4v) is 3.16. The Balaban J connectivity index is 2.42. The standard InChI is InChI=1S/C14H20BrN/c1-10-8-11(2)13(15)9-12(10)14(16)6-4-3-5-7-14/h8-9H,3-7,16H2,1-2H3. The molecule has 1 aromatic rings. The molecule has 88 valence electrons. The number of nitrogens with two attached hydrogens (primary N) is 1. The first-order chi connectivity index (χ1) is 7.53. The molecule has 0 aromatic heterocycles. The Morgan fingerprint density at radius 3 is 2.31 bits per heavy atom. The molecule has 0 spiro atoms. The van der Waals surface area contributed by atoms with Crippen LogP contribution in [0.15, 0.2) is 16.6 Å². The van der Waals surface area contributed by atoms with Gasteiger partial charge in [-0.3, -0.25) is 0 Å². The van der Waals surface area contributed by atoms with Gasteiger partial charge in [-0.1, -0.05) is 41.3 Å². The van der Waals surface area contributed by atoms with E-state index in [4.69, 9.17) is 5.73 Å². The topological polar surface area (TPSA) is 26.0 Å². The second-order valence-electron chi connectivity index (χ2n) is 5.13. The smallest absolute Gasteiger partial charge is 0.0412 e. The minimum absolute atomic E-state index is 0.0848. The fourth-order valence-electron chi connectivity index (χ4n) is 2.81. The van der Waals surface area contributed by atoms with Crippen LogP contribution < -0.4 is 5.73 Å². The van der Waals surface area contributed by atoms with Gasteiger partial charge in [0.05, 0.1) is 0 Å². The molecule has 1 saturated carbocycles. The van der Waals surface area contributed by atoms with Crippen LogP contribution in [-0.4, -0.2) is 0 Å². The molecular weight excluding hydrogens is 262 g/mol. The van der Waals surface area contributed by atoms with Crippen molar-refractivity contribution in [2.45, 2.75) is 51.5 Å². The van der Waals surface area contributed by atoms with Gasteiger partial charge in [-0.15, -0.1) is 0 Å². The van der Waals surface area contributed by atoms with Gasteiger partial charge >= 0.3 is 0 Å². The Morgan fingerprint density at radius 2 is 1.69 bits per heavy atom. The Bertz CT molecular complexity index is 392. The van der Waals surface area contributed by atoms with Gasteiger partial charge in [0, 0.05) is 10.0 Å². The van der Waals surface area contributed by atoms with E-state index in [1.807, 2.05) is 0 Å². The Labute approximate surface area is 107 Å². The summed E-state index contributed by atoms with van der Waals surface area (Å²) in [5.41, 5.74) is 10.5. The maximum absolute atomic E-state index is 6.58. The molecule has 1 fully saturated rings. The first kappa shape index (κ1) is 12.1. The van der Waals surface area contributed by atoms with Gasteiger partial charge in [-0.05, 0) is 49.4 Å². The molecule has 16 heavy (non-hydrogen) atoms. The van der Waals surface area contributed by atoms with Gasteiger partial charge in [0.2, 0.25) is 0 Å². The van der Waals surface area contributed by atoms with Crippen molar-refractivity contribution in [3.05, 3.63) is 33.3 Å². The average molecular weight is 282 g/mol. The van der Waals surface area contributed by atoms with E-state index < -0.39 is 0 Å². The van der Waals surface area contributed by atoms with Gasteiger partial charge < -0.3 is 5.73 Å². The van der Waals surface area contributed by atoms with Crippen molar-refractivity contribution < 1.29 is 0 Å². The minimum Gasteiger partial charge on any atom is -0.321 e. The van der Waals surface area contributed by atoms with E-state index in [2.05, 4.69) is 41.9 Å². The van der Waals surface area contributed by atoms with E-state index >= 15 is 0 Å². The number of rotatable bonds is 1. The Morgan fingerprint density at radius 1 is 1.06 bits per heavy atom. The first-order valence-electron chi connectivity index (χ1n) is 6.09. The van der Waals surface area contributed by atoms with Crippen LogP contribution in [0.3, 0.4) is 0 Å². The van der Waals surface area contributed by atoms with Crippen LogP contribution >= 0.6 is 15.9 Å². The third-order valence-corrected chi connectivity index (χ3v) is 4.64. The number of aryl methyl sites for hydroxylation is 2. The molecule has 1 aromatic carbocycles. The fraction of sp³-hybridized carbons (Fsp3) is 0.571. The quantitative estimate of drug-likeness (QED) is 0.821. The zero-order valence-corrected chi connectivity index (χ0v) is 11.7. The summed E-state index contributed by atoms with van der Waals surface area (Å²) in [5.74, 6) is 0. The number of hydrogen-bond donors (Lipinski definition) is 1. The van der Waals surface area contributed by atoms with Crippen LogP contribution in [0.1, 0.15) is 48.8 Å². The normalized spacial score (nSPS) is 19.8. The maximum Gasteiger partial charge on any atom is 0.0412 e. The van der Waals surface area contributed by atoms with Crippen molar-refractivity contribution >= 4 is 15.9 Å². The summed E-state index contributed by atoms with van der Waals surface area (Å²) < 4.78 is 1.18. The zero-order chi connectivity index (χ0) is 11.8. The maximum atomic E-state index is 6.58. The molecule has 1 aliphatic carbocycles. The molecule has 0 heterocycles. The predicted octanol–water partition coefficient (Wildman–Crippen LogP) is 4.18. The summed E-state index contributed by atoms with van der Waals surface area (Å²) in [6.45, 7) is 4.31. The molecule has 0 unspecified atom stereocenters. The van der Waals surface area contributed by atoms with Crippen LogP contribution in [-0.2, 0) is 5.54 Å². The molecule has 0 saturated heterocycles. The molecule has 2 heteroatoms. The van der Waals surface area contributed by atoms with Crippen LogP contribution in [0.4, 0.5) is 0 Å². The van der Waals surface area contributed by atoms with E-state index in [1.54, 1.807) is 0 Å². The van der Waals surface area contributed by atoms with E-state index in [0.717, 1.165) is 12.8 Å². The van der Waals surface area contributed by atoms with E-state index in [1.165, 1.54) is 40.4 Å². The van der Waals surface area contributed by atoms with E-state index in [9.17, 15) is 0 Å². The lowest BCUT2D eigenvalue weighted by Gasteiger charge is -2.35. The summed E-state index contributed by atoms with van der Waals surface area (Å²) in [6.07, 6.45) is 6.13. The average Bonchev–Trinajstić information content (AvgIpc) is 2.24. The van der Waals surface area contributed by atoms with Crippen molar-refractivity contribution in [3.63, 3.8) is 0 Å². The molecule has 1 nitrogen and oxygen atoms in total.